The smallest absolute Gasteiger partial charge is 0.169 e. The van der Waals surface area contributed by atoms with Crippen molar-refractivity contribution in [3.63, 3.8) is 0 Å². The van der Waals surface area contributed by atoms with Crippen LogP contribution >= 0.6 is 11.3 Å². The lowest BCUT2D eigenvalue weighted by Crippen LogP contribution is -2.16. The van der Waals surface area contributed by atoms with Crippen LogP contribution in [0, 0.1) is 0 Å². The number of hydrogen-bond acceptors (Lipinski definition) is 8. The third-order valence-electron chi connectivity index (χ3n) is 6.16. The van der Waals surface area contributed by atoms with Crippen molar-refractivity contribution in [3.8, 4) is 33.2 Å². The van der Waals surface area contributed by atoms with Crippen LogP contribution in [0.1, 0.15) is 29.9 Å². The van der Waals surface area contributed by atoms with Gasteiger partial charge in [-0.1, -0.05) is 19.1 Å². The van der Waals surface area contributed by atoms with E-state index in [9.17, 15) is 9.90 Å². The Kier molecular flexibility index (Phi) is 5.74. The van der Waals surface area contributed by atoms with E-state index in [0.717, 1.165) is 48.5 Å². The largest absolute Gasteiger partial charge is 0.374 e. The summed E-state index contributed by atoms with van der Waals surface area (Å²) in [6, 6.07) is 13.6. The molecule has 6 aromatic rings. The fourth-order valence-electron chi connectivity index (χ4n) is 4.22. The summed E-state index contributed by atoms with van der Waals surface area (Å²) in [6.45, 7) is 3.47. The first-order valence-electron chi connectivity index (χ1n) is 11.8. The molecule has 10 heteroatoms. The monoisotopic (exact) mass is 509 g/mol. The van der Waals surface area contributed by atoms with Gasteiger partial charge >= 0.3 is 0 Å². The molecular formula is C27H23N7O2S. The molecule has 0 saturated carbocycles. The van der Waals surface area contributed by atoms with Gasteiger partial charge in [-0.05, 0) is 43.7 Å². The molecule has 1 unspecified atom stereocenters. The zero-order chi connectivity index (χ0) is 25.5. The van der Waals surface area contributed by atoms with Gasteiger partial charge in [-0.15, -0.1) is 11.3 Å². The first-order chi connectivity index (χ1) is 18.0. The summed E-state index contributed by atoms with van der Waals surface area (Å²) in [4.78, 5) is 30.7. The Hall–Kier alpha value is -4.41. The lowest BCUT2D eigenvalue weighted by Gasteiger charge is -2.12. The molecule has 0 aliphatic rings. The summed E-state index contributed by atoms with van der Waals surface area (Å²) in [5.74, 6) is 0.686. The predicted octanol–water partition coefficient (Wildman–Crippen LogP) is 5.63. The van der Waals surface area contributed by atoms with Crippen LogP contribution in [0.4, 0.5) is 5.69 Å². The molecule has 0 bridgehead atoms. The van der Waals surface area contributed by atoms with E-state index < -0.39 is 6.23 Å². The van der Waals surface area contributed by atoms with Crippen LogP contribution in [0.3, 0.4) is 0 Å². The van der Waals surface area contributed by atoms with Crippen LogP contribution < -0.4 is 5.32 Å². The van der Waals surface area contributed by atoms with Crippen molar-refractivity contribution in [1.29, 1.82) is 0 Å². The molecular weight excluding hydrogens is 486 g/mol. The summed E-state index contributed by atoms with van der Waals surface area (Å²) in [7, 11) is 0. The van der Waals surface area contributed by atoms with Crippen LogP contribution in [0.5, 0.6) is 0 Å². The van der Waals surface area contributed by atoms with Gasteiger partial charge in [0.2, 0.25) is 0 Å². The molecule has 0 amide bonds. The standard InChI is InChI=1S/C27H23N7O2S/c1-3-24(36)30-16-9-15(11-28-12-16)20-10-18-21(13-29-20)33-34-26(18)27-31-19-6-4-5-17(25(19)32-27)23-8-7-22(37-23)14(2)35/h4-13,24,30,36H,3H2,1-2H3,(H,31,32)(H,33,34). The molecule has 0 fully saturated rings. The number of thiophene rings is 1. The normalized spacial score (nSPS) is 12.3. The molecule has 0 radical (unpaired) electrons. The lowest BCUT2D eigenvalue weighted by molar-refractivity contribution is 0.102. The Balaban J connectivity index is 1.41. The number of nitrogens with zero attached hydrogens (tertiary/aromatic N) is 4. The molecule has 184 valence electrons. The molecule has 5 heterocycles. The maximum absolute atomic E-state index is 11.8. The van der Waals surface area contributed by atoms with E-state index in [4.69, 9.17) is 4.98 Å². The second-order valence-electron chi connectivity index (χ2n) is 8.73. The highest BCUT2D eigenvalue weighted by atomic mass is 32.1. The SMILES string of the molecule is CCC(O)Nc1cncc(-c2cc3c(-c4nc5c(-c6ccc(C(C)=O)s6)cccc5[nH]4)n[nH]c3cn2)c1. The van der Waals surface area contributed by atoms with Crippen molar-refractivity contribution in [2.45, 2.75) is 26.5 Å². The topological polar surface area (TPSA) is 132 Å². The average molecular weight is 510 g/mol. The van der Waals surface area contributed by atoms with Crippen molar-refractivity contribution >= 4 is 44.7 Å². The molecule has 0 saturated heterocycles. The van der Waals surface area contributed by atoms with Gasteiger partial charge < -0.3 is 15.4 Å². The number of carbonyl (C=O) groups excluding carboxylic acids is 1. The van der Waals surface area contributed by atoms with E-state index in [0.29, 0.717) is 23.6 Å². The third kappa shape index (κ3) is 4.26. The quantitative estimate of drug-likeness (QED) is 0.162. The van der Waals surface area contributed by atoms with Crippen molar-refractivity contribution in [3.05, 3.63) is 65.9 Å². The van der Waals surface area contributed by atoms with Gasteiger partial charge in [0.1, 0.15) is 11.9 Å². The highest BCUT2D eigenvalue weighted by Crippen LogP contribution is 2.35. The number of H-pyrrole nitrogens is 2. The Morgan fingerprint density at radius 2 is 2.03 bits per heavy atom. The van der Waals surface area contributed by atoms with Crippen LogP contribution in [0.2, 0.25) is 0 Å². The fraction of sp³-hybridized carbons (Fsp3) is 0.148. The summed E-state index contributed by atoms with van der Waals surface area (Å²) < 4.78 is 0. The number of para-hydroxylation sites is 1. The van der Waals surface area contributed by atoms with Gasteiger partial charge in [-0.3, -0.25) is 19.9 Å². The maximum atomic E-state index is 11.8. The van der Waals surface area contributed by atoms with Crippen molar-refractivity contribution in [2.75, 3.05) is 5.32 Å². The number of rotatable bonds is 7. The fourth-order valence-corrected chi connectivity index (χ4v) is 5.15. The van der Waals surface area contributed by atoms with E-state index in [1.165, 1.54) is 11.3 Å². The number of pyridine rings is 2. The number of aromatic nitrogens is 6. The van der Waals surface area contributed by atoms with E-state index in [-0.39, 0.29) is 5.78 Å². The summed E-state index contributed by atoms with van der Waals surface area (Å²) in [5, 5.41) is 21.4. The molecule has 0 aliphatic heterocycles. The lowest BCUT2D eigenvalue weighted by atomic mass is 10.1. The second-order valence-corrected chi connectivity index (χ2v) is 9.81. The number of anilines is 1. The number of hydrogen-bond donors (Lipinski definition) is 4. The van der Waals surface area contributed by atoms with Gasteiger partial charge in [0.25, 0.3) is 0 Å². The Morgan fingerprint density at radius 3 is 2.84 bits per heavy atom. The van der Waals surface area contributed by atoms with Gasteiger partial charge in [-0.25, -0.2) is 4.98 Å². The number of nitrogens with one attached hydrogen (secondary N) is 3. The highest BCUT2D eigenvalue weighted by Gasteiger charge is 2.17. The Bertz CT molecular complexity index is 1770. The summed E-state index contributed by atoms with van der Waals surface area (Å²) in [6.07, 6.45) is 5.08. The number of fused-ring (bicyclic) bond motifs is 2. The number of ketones is 1. The van der Waals surface area contributed by atoms with Gasteiger partial charge in [0.05, 0.1) is 45.2 Å². The van der Waals surface area contributed by atoms with Crippen LogP contribution in [0.15, 0.2) is 61.1 Å². The number of aliphatic hydroxyl groups is 1. The van der Waals surface area contributed by atoms with Crippen molar-refractivity contribution < 1.29 is 9.90 Å². The number of carbonyl (C=O) groups is 1. The Labute approximate surface area is 215 Å². The van der Waals surface area contributed by atoms with E-state index in [2.05, 4.69) is 30.5 Å². The molecule has 37 heavy (non-hydrogen) atoms. The van der Waals surface area contributed by atoms with E-state index in [1.807, 2.05) is 49.4 Å². The molecule has 1 aromatic carbocycles. The van der Waals surface area contributed by atoms with Crippen molar-refractivity contribution in [2.24, 2.45) is 0 Å². The van der Waals surface area contributed by atoms with Gasteiger partial charge in [0, 0.05) is 27.6 Å². The number of aliphatic hydroxyl groups excluding tert-OH is 1. The molecule has 5 aromatic heterocycles. The number of imidazole rings is 1. The van der Waals surface area contributed by atoms with Crippen LogP contribution in [0.25, 0.3) is 55.2 Å². The first-order valence-corrected chi connectivity index (χ1v) is 12.7. The molecule has 0 aliphatic carbocycles. The zero-order valence-corrected chi connectivity index (χ0v) is 20.9. The van der Waals surface area contributed by atoms with Gasteiger partial charge in [-0.2, -0.15) is 5.10 Å². The minimum Gasteiger partial charge on any atom is -0.374 e. The van der Waals surface area contributed by atoms with Gasteiger partial charge in [0.15, 0.2) is 11.6 Å². The minimum atomic E-state index is -0.644. The van der Waals surface area contributed by atoms with E-state index in [1.54, 1.807) is 25.5 Å². The molecule has 4 N–H and O–H groups in total. The number of benzene rings is 1. The molecule has 1 atom stereocenters. The summed E-state index contributed by atoms with van der Waals surface area (Å²) >= 11 is 1.46. The minimum absolute atomic E-state index is 0.0524. The maximum Gasteiger partial charge on any atom is 0.169 e. The highest BCUT2D eigenvalue weighted by molar-refractivity contribution is 7.17. The predicted molar refractivity (Wildman–Crippen MR) is 145 cm³/mol. The molecule has 0 spiro atoms. The number of Topliss-reactive ketones (excluding diaryl/α,β-unsaturated/α-hetero) is 1. The molecule has 9 nitrogen and oxygen atoms in total. The first kappa shape index (κ1) is 23.0. The number of aromatic amines is 2. The Morgan fingerprint density at radius 1 is 1.14 bits per heavy atom. The van der Waals surface area contributed by atoms with Crippen LogP contribution in [-0.4, -0.2) is 47.3 Å². The third-order valence-corrected chi connectivity index (χ3v) is 7.38. The second kappa shape index (κ2) is 9.23. The molecule has 6 rings (SSSR count). The zero-order valence-electron chi connectivity index (χ0n) is 20.1. The average Bonchev–Trinajstić information content (AvgIpc) is 3.66. The van der Waals surface area contributed by atoms with Crippen molar-refractivity contribution in [1.82, 2.24) is 30.1 Å². The van der Waals surface area contributed by atoms with Crippen LogP contribution in [-0.2, 0) is 0 Å². The van der Waals surface area contributed by atoms with E-state index >= 15 is 0 Å². The summed E-state index contributed by atoms with van der Waals surface area (Å²) in [5.41, 5.74) is 6.38.